The van der Waals surface area contributed by atoms with Crippen LogP contribution in [0.15, 0.2) is 0 Å². The predicted octanol–water partition coefficient (Wildman–Crippen LogP) is -0.872. The summed E-state index contributed by atoms with van der Waals surface area (Å²) >= 11 is 0. The van der Waals surface area contributed by atoms with Gasteiger partial charge in [0.25, 0.3) is 0 Å². The average molecular weight is 118 g/mol. The molecule has 0 aromatic heterocycles. The molecule has 1 heterocycles. The molecule has 3 nitrogen and oxygen atoms in total. The van der Waals surface area contributed by atoms with Crippen molar-refractivity contribution in [3.8, 4) is 0 Å². The second kappa shape index (κ2) is 1.69. The molecule has 1 unspecified atom stereocenters. The van der Waals surface area contributed by atoms with Crippen molar-refractivity contribution in [1.29, 1.82) is 0 Å². The lowest BCUT2D eigenvalue weighted by molar-refractivity contribution is 0.0485. The van der Waals surface area contributed by atoms with E-state index in [9.17, 15) is 0 Å². The van der Waals surface area contributed by atoms with Gasteiger partial charge in [0.15, 0.2) is 0 Å². The molecule has 0 aliphatic carbocycles. The molecule has 0 amide bonds. The van der Waals surface area contributed by atoms with Gasteiger partial charge in [0, 0.05) is 0 Å². The van der Waals surface area contributed by atoms with E-state index in [2.05, 4.69) is 0 Å². The molecule has 2 N–H and O–H groups in total. The van der Waals surface area contributed by atoms with Gasteiger partial charge < -0.3 is 14.9 Å². The van der Waals surface area contributed by atoms with Gasteiger partial charge in [-0.1, -0.05) is 0 Å². The van der Waals surface area contributed by atoms with Crippen molar-refractivity contribution in [3.05, 3.63) is 0 Å². The first-order valence-electron chi connectivity index (χ1n) is 2.64. The quantitative estimate of drug-likeness (QED) is 0.463. The molecule has 0 aromatic carbocycles. The molecule has 8 heavy (non-hydrogen) atoms. The fourth-order valence-electron chi connectivity index (χ4n) is 0.557. The van der Waals surface area contributed by atoms with Crippen molar-refractivity contribution in [1.82, 2.24) is 0 Å². The van der Waals surface area contributed by atoms with Gasteiger partial charge in [-0.3, -0.25) is 0 Å². The Balaban J connectivity index is 2.41. The molecule has 0 saturated carbocycles. The van der Waals surface area contributed by atoms with E-state index >= 15 is 0 Å². The van der Waals surface area contributed by atoms with Crippen LogP contribution in [-0.2, 0) is 4.74 Å². The summed E-state index contributed by atoms with van der Waals surface area (Å²) < 4.78 is 4.81. The lowest BCUT2D eigenvalue weighted by atomic mass is 10.1. The monoisotopic (exact) mass is 118 g/mol. The first-order chi connectivity index (χ1) is 3.71. The topological polar surface area (TPSA) is 53.0 Å². The first-order valence-corrected chi connectivity index (χ1v) is 2.64. The van der Waals surface area contributed by atoms with Crippen LogP contribution in [0, 0.1) is 0 Å². The van der Waals surface area contributed by atoms with Gasteiger partial charge in [0.2, 0.25) is 0 Å². The van der Waals surface area contributed by atoms with E-state index < -0.39 is 11.7 Å². The molecule has 1 saturated heterocycles. The molecule has 1 aliphatic rings. The van der Waals surface area contributed by atoms with E-state index in [1.807, 2.05) is 0 Å². The summed E-state index contributed by atoms with van der Waals surface area (Å²) in [6, 6.07) is 0. The number of aliphatic hydroxyl groups is 2. The zero-order valence-electron chi connectivity index (χ0n) is 4.79. The van der Waals surface area contributed by atoms with Gasteiger partial charge >= 0.3 is 0 Å². The van der Waals surface area contributed by atoms with Crippen LogP contribution in [0.1, 0.15) is 6.92 Å². The van der Waals surface area contributed by atoms with Crippen LogP contribution in [0.3, 0.4) is 0 Å². The van der Waals surface area contributed by atoms with E-state index in [4.69, 9.17) is 14.9 Å². The fraction of sp³-hybridized carbons (Fsp3) is 1.00. The van der Waals surface area contributed by atoms with Crippen LogP contribution in [0.5, 0.6) is 0 Å². The van der Waals surface area contributed by atoms with Crippen LogP contribution in [0.25, 0.3) is 0 Å². The van der Waals surface area contributed by atoms with E-state index in [0.717, 1.165) is 0 Å². The third kappa shape index (κ3) is 0.727. The molecule has 0 bridgehead atoms. The highest BCUT2D eigenvalue weighted by molar-refractivity contribution is 4.96. The fourth-order valence-corrected chi connectivity index (χ4v) is 0.557. The van der Waals surface area contributed by atoms with Crippen molar-refractivity contribution < 1.29 is 14.9 Å². The molecule has 0 radical (unpaired) electrons. The van der Waals surface area contributed by atoms with Crippen LogP contribution in [0.2, 0.25) is 0 Å². The van der Waals surface area contributed by atoms with E-state index in [-0.39, 0.29) is 6.61 Å². The summed E-state index contributed by atoms with van der Waals surface area (Å²) in [5.41, 5.74) is -0.597. The normalized spacial score (nSPS) is 39.4. The van der Waals surface area contributed by atoms with Crippen LogP contribution in [-0.4, -0.2) is 35.1 Å². The summed E-state index contributed by atoms with van der Waals surface area (Å²) in [5.74, 6) is 0. The summed E-state index contributed by atoms with van der Waals surface area (Å²) in [6.45, 7) is 2.02. The molecular weight excluding hydrogens is 108 g/mol. The minimum absolute atomic E-state index is 0.0787. The second-order valence-corrected chi connectivity index (χ2v) is 2.19. The molecule has 1 fully saturated rings. The molecular formula is C5H10O3. The van der Waals surface area contributed by atoms with Gasteiger partial charge in [-0.15, -0.1) is 0 Å². The average Bonchev–Trinajstić information content (AvgIpc) is 2.44. The second-order valence-electron chi connectivity index (χ2n) is 2.19. The summed E-state index contributed by atoms with van der Waals surface area (Å²) in [7, 11) is 0. The number of aliphatic hydroxyl groups excluding tert-OH is 2. The van der Waals surface area contributed by atoms with Crippen molar-refractivity contribution >= 4 is 0 Å². The Morgan fingerprint density at radius 2 is 2.38 bits per heavy atom. The molecule has 0 aromatic rings. The van der Waals surface area contributed by atoms with Crippen LogP contribution >= 0.6 is 0 Å². The van der Waals surface area contributed by atoms with Crippen LogP contribution in [0.4, 0.5) is 0 Å². The Kier molecular flexibility index (Phi) is 1.27. The highest BCUT2D eigenvalue weighted by Gasteiger charge is 2.48. The Bertz CT molecular complexity index is 85.7. The van der Waals surface area contributed by atoms with E-state index in [1.54, 1.807) is 6.92 Å². The standard InChI is InChI=1S/C5H10O3/c1-4(7)5(2-6)3-8-5/h4,6-7H,2-3H2,1H3/t4?,5-/m1/s1. The van der Waals surface area contributed by atoms with Crippen molar-refractivity contribution in [2.45, 2.75) is 18.6 Å². The minimum atomic E-state index is -0.597. The minimum Gasteiger partial charge on any atom is -0.393 e. The maximum absolute atomic E-state index is 8.86. The smallest absolute Gasteiger partial charge is 0.140 e. The predicted molar refractivity (Wildman–Crippen MR) is 27.4 cm³/mol. The molecule has 0 spiro atoms. The largest absolute Gasteiger partial charge is 0.393 e. The number of ether oxygens (including phenoxy) is 1. The lowest BCUT2D eigenvalue weighted by Gasteiger charge is -2.09. The molecule has 1 aliphatic heterocycles. The Morgan fingerprint density at radius 1 is 1.88 bits per heavy atom. The van der Waals surface area contributed by atoms with Gasteiger partial charge in [0.1, 0.15) is 5.60 Å². The zero-order chi connectivity index (χ0) is 6.20. The molecule has 2 atom stereocenters. The van der Waals surface area contributed by atoms with Crippen LogP contribution < -0.4 is 0 Å². The van der Waals surface area contributed by atoms with Gasteiger partial charge in [-0.05, 0) is 6.92 Å². The van der Waals surface area contributed by atoms with Crippen molar-refractivity contribution in [2.24, 2.45) is 0 Å². The van der Waals surface area contributed by atoms with Gasteiger partial charge in [-0.2, -0.15) is 0 Å². The summed E-state index contributed by atoms with van der Waals surface area (Å²) in [5, 5.41) is 17.4. The van der Waals surface area contributed by atoms with Crippen molar-refractivity contribution in [2.75, 3.05) is 13.2 Å². The molecule has 3 heteroatoms. The lowest BCUT2D eigenvalue weighted by Crippen LogP contribution is -2.30. The SMILES string of the molecule is CC(O)[C@@]1(CO)CO1. The van der Waals surface area contributed by atoms with E-state index in [0.29, 0.717) is 6.61 Å². The first kappa shape index (κ1) is 6.01. The van der Waals surface area contributed by atoms with Gasteiger partial charge in [0.05, 0.1) is 19.3 Å². The number of hydrogen-bond donors (Lipinski definition) is 2. The third-order valence-electron chi connectivity index (χ3n) is 1.54. The Hall–Kier alpha value is -0.120. The summed E-state index contributed by atoms with van der Waals surface area (Å²) in [6.07, 6.45) is -0.549. The molecule has 1 rings (SSSR count). The summed E-state index contributed by atoms with van der Waals surface area (Å²) in [4.78, 5) is 0. The molecule has 48 valence electrons. The maximum Gasteiger partial charge on any atom is 0.140 e. The Labute approximate surface area is 47.9 Å². The highest BCUT2D eigenvalue weighted by atomic mass is 16.6. The Morgan fingerprint density at radius 3 is 2.38 bits per heavy atom. The van der Waals surface area contributed by atoms with Crippen molar-refractivity contribution in [3.63, 3.8) is 0 Å². The number of rotatable bonds is 2. The van der Waals surface area contributed by atoms with E-state index in [1.165, 1.54) is 0 Å². The number of epoxide rings is 1. The maximum atomic E-state index is 8.86. The highest BCUT2D eigenvalue weighted by Crippen LogP contribution is 2.29. The number of hydrogen-bond acceptors (Lipinski definition) is 3. The zero-order valence-corrected chi connectivity index (χ0v) is 4.79. The third-order valence-corrected chi connectivity index (χ3v) is 1.54. The van der Waals surface area contributed by atoms with Gasteiger partial charge in [-0.25, -0.2) is 0 Å².